The third-order valence-corrected chi connectivity index (χ3v) is 3.14. The number of aliphatic hydroxyl groups excluding tert-OH is 1. The van der Waals surface area contributed by atoms with Gasteiger partial charge in [0, 0.05) is 17.6 Å². The van der Waals surface area contributed by atoms with Gasteiger partial charge in [-0.05, 0) is 42.8 Å². The largest absolute Gasteiger partial charge is 0.462 e. The summed E-state index contributed by atoms with van der Waals surface area (Å²) >= 11 is 5.78. The number of halogens is 1. The van der Waals surface area contributed by atoms with E-state index in [-0.39, 0.29) is 12.5 Å². The average Bonchev–Trinajstić information content (AvgIpc) is 2.89. The van der Waals surface area contributed by atoms with Crippen molar-refractivity contribution >= 4 is 23.6 Å². The Hall–Kier alpha value is -2.04. The van der Waals surface area contributed by atoms with E-state index in [0.29, 0.717) is 16.3 Å². The summed E-state index contributed by atoms with van der Waals surface area (Å²) in [5.74, 6) is 1.10. The predicted molar refractivity (Wildman–Crippen MR) is 81.9 cm³/mol. The molecule has 0 radical (unpaired) electrons. The number of aliphatic hydroxyl groups is 1. The van der Waals surface area contributed by atoms with E-state index >= 15 is 0 Å². The van der Waals surface area contributed by atoms with Gasteiger partial charge in [0.05, 0.1) is 6.10 Å². The molecule has 21 heavy (non-hydrogen) atoms. The van der Waals surface area contributed by atoms with Gasteiger partial charge in [-0.3, -0.25) is 4.79 Å². The van der Waals surface area contributed by atoms with Crippen molar-refractivity contribution in [1.29, 1.82) is 0 Å². The van der Waals surface area contributed by atoms with Gasteiger partial charge in [-0.25, -0.2) is 0 Å². The van der Waals surface area contributed by atoms with Crippen LogP contribution < -0.4 is 5.32 Å². The molecular formula is C16H16ClNO3. The fourth-order valence-corrected chi connectivity index (χ4v) is 1.89. The summed E-state index contributed by atoms with van der Waals surface area (Å²) in [4.78, 5) is 11.6. The first-order valence-corrected chi connectivity index (χ1v) is 6.88. The molecule has 1 amide bonds. The van der Waals surface area contributed by atoms with E-state index in [2.05, 4.69) is 5.32 Å². The number of aryl methyl sites for hydroxylation is 1. The smallest absolute Gasteiger partial charge is 0.244 e. The van der Waals surface area contributed by atoms with Gasteiger partial charge in [-0.1, -0.05) is 23.7 Å². The van der Waals surface area contributed by atoms with Crippen LogP contribution in [-0.4, -0.2) is 17.6 Å². The van der Waals surface area contributed by atoms with E-state index < -0.39 is 6.10 Å². The molecule has 0 aliphatic carbocycles. The summed E-state index contributed by atoms with van der Waals surface area (Å²) in [5.41, 5.74) is 0.699. The van der Waals surface area contributed by atoms with Crippen molar-refractivity contribution in [3.8, 4) is 0 Å². The second kappa shape index (κ2) is 7.11. The van der Waals surface area contributed by atoms with Crippen molar-refractivity contribution in [1.82, 2.24) is 5.32 Å². The maximum absolute atomic E-state index is 11.6. The number of carbonyl (C=O) groups excluding carboxylic acids is 1. The molecule has 0 saturated heterocycles. The molecule has 1 aromatic carbocycles. The minimum Gasteiger partial charge on any atom is -0.462 e. The van der Waals surface area contributed by atoms with E-state index in [0.717, 1.165) is 5.76 Å². The molecule has 1 aromatic heterocycles. The zero-order valence-corrected chi connectivity index (χ0v) is 12.3. The number of amides is 1. The molecule has 1 unspecified atom stereocenters. The van der Waals surface area contributed by atoms with E-state index in [9.17, 15) is 9.90 Å². The van der Waals surface area contributed by atoms with E-state index in [4.69, 9.17) is 16.0 Å². The lowest BCUT2D eigenvalue weighted by Crippen LogP contribution is -2.26. The molecule has 2 rings (SSSR count). The number of carbonyl (C=O) groups is 1. The zero-order chi connectivity index (χ0) is 15.2. The second-order valence-corrected chi connectivity index (χ2v) is 5.03. The Kier molecular flexibility index (Phi) is 5.20. The standard InChI is InChI=1S/C16H16ClNO3/c1-11-2-7-14(21-11)8-9-16(20)18-10-15(19)12-3-5-13(17)6-4-12/h2-9,15,19H,10H2,1H3,(H,18,20)/b9-8+. The third kappa shape index (κ3) is 4.77. The molecule has 1 atom stereocenters. The third-order valence-electron chi connectivity index (χ3n) is 2.88. The number of nitrogens with one attached hydrogen (secondary N) is 1. The quantitative estimate of drug-likeness (QED) is 0.834. The molecule has 110 valence electrons. The molecule has 0 fully saturated rings. The van der Waals surface area contributed by atoms with E-state index in [1.165, 1.54) is 6.08 Å². The molecule has 0 aliphatic rings. The molecule has 0 aliphatic heterocycles. The van der Waals surface area contributed by atoms with Gasteiger partial charge in [0.2, 0.25) is 5.91 Å². The van der Waals surface area contributed by atoms with Crippen molar-refractivity contribution in [3.05, 3.63) is 64.6 Å². The summed E-state index contributed by atoms with van der Waals surface area (Å²) in [6, 6.07) is 10.4. The van der Waals surface area contributed by atoms with Crippen LogP contribution >= 0.6 is 11.6 Å². The summed E-state index contributed by atoms with van der Waals surface area (Å²) in [6.07, 6.45) is 2.18. The molecule has 5 heteroatoms. The van der Waals surface area contributed by atoms with Crippen molar-refractivity contribution in [2.24, 2.45) is 0 Å². The summed E-state index contributed by atoms with van der Waals surface area (Å²) in [5, 5.41) is 13.2. The van der Waals surface area contributed by atoms with Crippen LogP contribution in [0, 0.1) is 6.92 Å². The second-order valence-electron chi connectivity index (χ2n) is 4.59. The summed E-state index contributed by atoms with van der Waals surface area (Å²) in [7, 11) is 0. The minimum absolute atomic E-state index is 0.127. The fraction of sp³-hybridized carbons (Fsp3) is 0.188. The lowest BCUT2D eigenvalue weighted by Gasteiger charge is -2.11. The highest BCUT2D eigenvalue weighted by Gasteiger charge is 2.08. The minimum atomic E-state index is -0.773. The molecule has 2 aromatic rings. The van der Waals surface area contributed by atoms with Crippen molar-refractivity contribution < 1.29 is 14.3 Å². The highest BCUT2D eigenvalue weighted by atomic mass is 35.5. The van der Waals surface area contributed by atoms with Crippen LogP contribution in [-0.2, 0) is 4.79 Å². The van der Waals surface area contributed by atoms with Crippen molar-refractivity contribution in [2.75, 3.05) is 6.54 Å². The Morgan fingerprint density at radius 2 is 2.05 bits per heavy atom. The van der Waals surface area contributed by atoms with Crippen LogP contribution in [0.15, 0.2) is 46.9 Å². The number of benzene rings is 1. The molecular weight excluding hydrogens is 290 g/mol. The van der Waals surface area contributed by atoms with Gasteiger partial charge in [-0.15, -0.1) is 0 Å². The van der Waals surface area contributed by atoms with Crippen LogP contribution in [0.3, 0.4) is 0 Å². The van der Waals surface area contributed by atoms with Crippen LogP contribution in [0.25, 0.3) is 6.08 Å². The van der Waals surface area contributed by atoms with Crippen molar-refractivity contribution in [3.63, 3.8) is 0 Å². The van der Waals surface area contributed by atoms with Crippen LogP contribution in [0.1, 0.15) is 23.2 Å². The average molecular weight is 306 g/mol. The monoisotopic (exact) mass is 305 g/mol. The summed E-state index contributed by atoms with van der Waals surface area (Å²) < 4.78 is 5.31. The van der Waals surface area contributed by atoms with E-state index in [1.807, 2.05) is 13.0 Å². The highest BCUT2D eigenvalue weighted by molar-refractivity contribution is 6.30. The number of furan rings is 1. The number of rotatable bonds is 5. The molecule has 1 heterocycles. The number of hydrogen-bond donors (Lipinski definition) is 2. The van der Waals surface area contributed by atoms with Gasteiger partial charge in [0.15, 0.2) is 0 Å². The lowest BCUT2D eigenvalue weighted by atomic mass is 10.1. The normalized spacial score (nSPS) is 12.5. The number of hydrogen-bond acceptors (Lipinski definition) is 3. The highest BCUT2D eigenvalue weighted by Crippen LogP contribution is 2.15. The first-order chi connectivity index (χ1) is 10.0. The van der Waals surface area contributed by atoms with Gasteiger partial charge >= 0.3 is 0 Å². The Morgan fingerprint density at radius 3 is 2.67 bits per heavy atom. The SMILES string of the molecule is Cc1ccc(/C=C/C(=O)NCC(O)c2ccc(Cl)cc2)o1. The van der Waals surface area contributed by atoms with Gasteiger partial charge in [0.1, 0.15) is 11.5 Å². The Balaban J connectivity index is 1.83. The van der Waals surface area contributed by atoms with Crippen molar-refractivity contribution in [2.45, 2.75) is 13.0 Å². The Labute approximate surface area is 128 Å². The Bertz CT molecular complexity index is 631. The van der Waals surface area contributed by atoms with Crippen LogP contribution in [0.2, 0.25) is 5.02 Å². The first kappa shape index (κ1) is 15.4. The Morgan fingerprint density at radius 1 is 1.33 bits per heavy atom. The van der Waals surface area contributed by atoms with Gasteiger partial charge in [0.25, 0.3) is 0 Å². The summed E-state index contributed by atoms with van der Waals surface area (Å²) in [6.45, 7) is 1.96. The molecule has 0 spiro atoms. The maximum Gasteiger partial charge on any atom is 0.244 e. The van der Waals surface area contributed by atoms with Gasteiger partial charge in [-0.2, -0.15) is 0 Å². The first-order valence-electron chi connectivity index (χ1n) is 6.50. The molecule has 4 nitrogen and oxygen atoms in total. The molecule has 2 N–H and O–H groups in total. The van der Waals surface area contributed by atoms with Crippen LogP contribution in [0.4, 0.5) is 0 Å². The lowest BCUT2D eigenvalue weighted by molar-refractivity contribution is -0.116. The fourth-order valence-electron chi connectivity index (χ4n) is 1.76. The van der Waals surface area contributed by atoms with E-state index in [1.54, 1.807) is 36.4 Å². The zero-order valence-electron chi connectivity index (χ0n) is 11.5. The molecule has 0 bridgehead atoms. The predicted octanol–water partition coefficient (Wildman–Crippen LogP) is 3.10. The van der Waals surface area contributed by atoms with Gasteiger partial charge < -0.3 is 14.8 Å². The van der Waals surface area contributed by atoms with Crippen LogP contribution in [0.5, 0.6) is 0 Å². The maximum atomic E-state index is 11.6. The topological polar surface area (TPSA) is 62.5 Å². The molecule has 0 saturated carbocycles.